The number of nitrogens with two attached hydrogens (primary N) is 1. The minimum absolute atomic E-state index is 0.0354. The maximum atomic E-state index is 13.3. The van der Waals surface area contributed by atoms with Crippen LogP contribution in [-0.4, -0.2) is 7.11 Å². The zero-order chi connectivity index (χ0) is 10.1. The van der Waals surface area contributed by atoms with E-state index in [1.54, 1.807) is 6.07 Å². The summed E-state index contributed by atoms with van der Waals surface area (Å²) in [5.41, 5.74) is 7.93. The minimum atomic E-state index is -0.291. The number of halogens is 1. The summed E-state index contributed by atoms with van der Waals surface area (Å²) in [6.45, 7) is 0. The molecule has 0 spiro atoms. The molecule has 1 aliphatic carbocycles. The second-order valence-corrected chi connectivity index (χ2v) is 3.65. The summed E-state index contributed by atoms with van der Waals surface area (Å²) in [6.07, 6.45) is 2.85. The van der Waals surface area contributed by atoms with E-state index in [0.29, 0.717) is 5.75 Å². The number of rotatable bonds is 1. The monoisotopic (exact) mass is 195 g/mol. The Kier molecular flexibility index (Phi) is 2.42. The first-order valence-electron chi connectivity index (χ1n) is 4.85. The van der Waals surface area contributed by atoms with Gasteiger partial charge >= 0.3 is 0 Å². The van der Waals surface area contributed by atoms with Crippen LogP contribution in [0.1, 0.15) is 30.0 Å². The Bertz CT molecular complexity index is 351. The van der Waals surface area contributed by atoms with Gasteiger partial charge in [-0.3, -0.25) is 0 Å². The molecule has 1 aliphatic rings. The molecular weight excluding hydrogens is 181 g/mol. The van der Waals surface area contributed by atoms with E-state index < -0.39 is 0 Å². The predicted octanol–water partition coefficient (Wildman–Crippen LogP) is 2.17. The van der Waals surface area contributed by atoms with Gasteiger partial charge in [0.2, 0.25) is 0 Å². The van der Waals surface area contributed by atoms with Crippen LogP contribution in [0, 0.1) is 5.82 Å². The smallest absolute Gasteiger partial charge is 0.165 e. The molecular formula is C11H14FNO. The first-order valence-corrected chi connectivity index (χ1v) is 4.85. The summed E-state index contributed by atoms with van der Waals surface area (Å²) in [5.74, 6) is 0.0815. The van der Waals surface area contributed by atoms with Gasteiger partial charge in [-0.25, -0.2) is 4.39 Å². The van der Waals surface area contributed by atoms with Crippen LogP contribution in [0.15, 0.2) is 12.1 Å². The van der Waals surface area contributed by atoms with Crippen LogP contribution in [-0.2, 0) is 6.42 Å². The van der Waals surface area contributed by atoms with E-state index in [0.717, 1.165) is 30.4 Å². The van der Waals surface area contributed by atoms with Crippen LogP contribution in [0.2, 0.25) is 0 Å². The highest BCUT2D eigenvalue weighted by Crippen LogP contribution is 2.35. The fourth-order valence-electron chi connectivity index (χ4n) is 2.09. The minimum Gasteiger partial charge on any atom is -0.493 e. The van der Waals surface area contributed by atoms with Crippen molar-refractivity contribution in [1.82, 2.24) is 0 Å². The lowest BCUT2D eigenvalue weighted by Crippen LogP contribution is -2.18. The van der Waals surface area contributed by atoms with Crippen LogP contribution >= 0.6 is 0 Å². The fraction of sp³-hybridized carbons (Fsp3) is 0.455. The van der Waals surface area contributed by atoms with Crippen LogP contribution in [0.25, 0.3) is 0 Å². The molecule has 0 aliphatic heterocycles. The average molecular weight is 195 g/mol. The average Bonchev–Trinajstić information content (AvgIpc) is 2.18. The van der Waals surface area contributed by atoms with Gasteiger partial charge in [0.1, 0.15) is 0 Å². The van der Waals surface area contributed by atoms with Crippen molar-refractivity contribution in [2.75, 3.05) is 7.11 Å². The molecule has 0 saturated carbocycles. The number of methoxy groups -OCH3 is 1. The highest BCUT2D eigenvalue weighted by molar-refractivity contribution is 5.44. The zero-order valence-electron chi connectivity index (χ0n) is 8.22. The lowest BCUT2D eigenvalue weighted by molar-refractivity contribution is 0.375. The van der Waals surface area contributed by atoms with E-state index in [1.807, 2.05) is 0 Å². The SMILES string of the molecule is COc1c(F)ccc2c1CCC[C@@H]2N. The maximum absolute atomic E-state index is 13.3. The summed E-state index contributed by atoms with van der Waals surface area (Å²) >= 11 is 0. The van der Waals surface area contributed by atoms with Crippen molar-refractivity contribution in [3.63, 3.8) is 0 Å². The van der Waals surface area contributed by atoms with Gasteiger partial charge in [-0.1, -0.05) is 6.07 Å². The van der Waals surface area contributed by atoms with Crippen molar-refractivity contribution in [3.05, 3.63) is 29.1 Å². The van der Waals surface area contributed by atoms with E-state index in [9.17, 15) is 4.39 Å². The third-order valence-corrected chi connectivity index (χ3v) is 2.79. The molecule has 14 heavy (non-hydrogen) atoms. The Morgan fingerprint density at radius 1 is 1.50 bits per heavy atom. The number of hydrogen-bond acceptors (Lipinski definition) is 2. The molecule has 0 aromatic heterocycles. The third-order valence-electron chi connectivity index (χ3n) is 2.79. The topological polar surface area (TPSA) is 35.2 Å². The highest BCUT2D eigenvalue weighted by Gasteiger charge is 2.21. The van der Waals surface area contributed by atoms with Gasteiger partial charge in [-0.2, -0.15) is 0 Å². The first-order chi connectivity index (χ1) is 6.74. The lowest BCUT2D eigenvalue weighted by Gasteiger charge is -2.24. The molecule has 0 fully saturated rings. The Hall–Kier alpha value is -1.09. The third kappa shape index (κ3) is 1.38. The molecule has 0 radical (unpaired) electrons. The van der Waals surface area contributed by atoms with Crippen molar-refractivity contribution in [2.45, 2.75) is 25.3 Å². The highest BCUT2D eigenvalue weighted by atomic mass is 19.1. The van der Waals surface area contributed by atoms with Gasteiger partial charge in [0.05, 0.1) is 7.11 Å². The fourth-order valence-corrected chi connectivity index (χ4v) is 2.09. The molecule has 0 heterocycles. The second-order valence-electron chi connectivity index (χ2n) is 3.65. The maximum Gasteiger partial charge on any atom is 0.165 e. The Morgan fingerprint density at radius 2 is 2.29 bits per heavy atom. The number of hydrogen-bond donors (Lipinski definition) is 1. The molecule has 1 aromatic rings. The first kappa shape index (κ1) is 9.46. The van der Waals surface area contributed by atoms with E-state index in [-0.39, 0.29) is 11.9 Å². The summed E-state index contributed by atoms with van der Waals surface area (Å²) in [7, 11) is 1.50. The van der Waals surface area contributed by atoms with Crippen LogP contribution in [0.5, 0.6) is 5.75 Å². The molecule has 0 saturated heterocycles. The Balaban J connectivity index is 2.55. The second kappa shape index (κ2) is 3.58. The Morgan fingerprint density at radius 3 is 3.00 bits per heavy atom. The summed E-state index contributed by atoms with van der Waals surface area (Å²) < 4.78 is 18.4. The molecule has 2 N–H and O–H groups in total. The lowest BCUT2D eigenvalue weighted by atomic mass is 9.87. The Labute approximate surface area is 82.9 Å². The van der Waals surface area contributed by atoms with Crippen LogP contribution < -0.4 is 10.5 Å². The number of ether oxygens (including phenoxy) is 1. The molecule has 3 heteroatoms. The summed E-state index contributed by atoms with van der Waals surface area (Å²) in [4.78, 5) is 0. The van der Waals surface area contributed by atoms with Crippen LogP contribution in [0.4, 0.5) is 4.39 Å². The van der Waals surface area contributed by atoms with Gasteiger partial charge in [-0.15, -0.1) is 0 Å². The van der Waals surface area contributed by atoms with Gasteiger partial charge in [0.25, 0.3) is 0 Å². The molecule has 0 unspecified atom stereocenters. The quantitative estimate of drug-likeness (QED) is 0.745. The zero-order valence-corrected chi connectivity index (χ0v) is 8.22. The molecule has 76 valence electrons. The van der Waals surface area contributed by atoms with Crippen molar-refractivity contribution in [1.29, 1.82) is 0 Å². The molecule has 1 aromatic carbocycles. The normalized spacial score (nSPS) is 20.4. The van der Waals surface area contributed by atoms with E-state index >= 15 is 0 Å². The van der Waals surface area contributed by atoms with Gasteiger partial charge in [0.15, 0.2) is 11.6 Å². The molecule has 0 bridgehead atoms. The van der Waals surface area contributed by atoms with Crippen molar-refractivity contribution in [3.8, 4) is 5.75 Å². The predicted molar refractivity (Wildman–Crippen MR) is 52.8 cm³/mol. The standard InChI is InChI=1S/C11H14FNO/c1-14-11-8-3-2-4-10(13)7(8)5-6-9(11)12/h5-6,10H,2-4,13H2,1H3/t10-/m0/s1. The number of fused-ring (bicyclic) bond motifs is 1. The molecule has 2 rings (SSSR count). The van der Waals surface area contributed by atoms with E-state index in [4.69, 9.17) is 10.5 Å². The van der Waals surface area contributed by atoms with Gasteiger partial charge in [0, 0.05) is 11.6 Å². The molecule has 2 nitrogen and oxygen atoms in total. The van der Waals surface area contributed by atoms with E-state index in [1.165, 1.54) is 13.2 Å². The molecule has 0 amide bonds. The molecule has 1 atom stereocenters. The van der Waals surface area contributed by atoms with Gasteiger partial charge < -0.3 is 10.5 Å². The van der Waals surface area contributed by atoms with Gasteiger partial charge in [-0.05, 0) is 30.9 Å². The summed E-state index contributed by atoms with van der Waals surface area (Å²) in [5, 5.41) is 0. The van der Waals surface area contributed by atoms with Crippen molar-refractivity contribution in [2.24, 2.45) is 5.73 Å². The van der Waals surface area contributed by atoms with Crippen molar-refractivity contribution < 1.29 is 9.13 Å². The summed E-state index contributed by atoms with van der Waals surface area (Å²) in [6, 6.07) is 3.24. The number of benzene rings is 1. The van der Waals surface area contributed by atoms with E-state index in [2.05, 4.69) is 0 Å². The largest absolute Gasteiger partial charge is 0.493 e. The van der Waals surface area contributed by atoms with Crippen LogP contribution in [0.3, 0.4) is 0 Å². The van der Waals surface area contributed by atoms with Crippen molar-refractivity contribution >= 4 is 0 Å².